The smallest absolute Gasteiger partial charge is 0.337 e. The van der Waals surface area contributed by atoms with Crippen LogP contribution in [0.5, 0.6) is 0 Å². The number of benzene rings is 1. The number of nitrogens with zero attached hydrogens (tertiary/aromatic N) is 5. The van der Waals surface area contributed by atoms with Crippen molar-refractivity contribution >= 4 is 16.8 Å². The Morgan fingerprint density at radius 3 is 2.76 bits per heavy atom. The van der Waals surface area contributed by atoms with Crippen LogP contribution in [0.2, 0.25) is 0 Å². The molecule has 0 bridgehead atoms. The Morgan fingerprint density at radius 1 is 1.14 bits per heavy atom. The Labute approximate surface area is 118 Å². The van der Waals surface area contributed by atoms with Crippen LogP contribution in [0.4, 0.5) is 0 Å². The highest BCUT2D eigenvalue weighted by Crippen LogP contribution is 2.14. The third-order valence-electron chi connectivity index (χ3n) is 3.53. The summed E-state index contributed by atoms with van der Waals surface area (Å²) in [5.74, 6) is 0.563. The van der Waals surface area contributed by atoms with Gasteiger partial charge in [0.05, 0.1) is 12.9 Å². The molecule has 104 valence electrons. The van der Waals surface area contributed by atoms with E-state index in [9.17, 15) is 4.79 Å². The minimum atomic E-state index is -0.184. The van der Waals surface area contributed by atoms with Crippen LogP contribution >= 0.6 is 0 Å². The zero-order valence-electron chi connectivity index (χ0n) is 11.3. The zero-order valence-corrected chi connectivity index (χ0v) is 11.3. The Kier molecular flexibility index (Phi) is 2.41. The second-order valence-electron chi connectivity index (χ2n) is 4.86. The lowest BCUT2D eigenvalue weighted by molar-refractivity contribution is 0.731. The van der Waals surface area contributed by atoms with Crippen molar-refractivity contribution in [2.45, 2.75) is 13.5 Å². The number of hydrogen-bond donors (Lipinski definition) is 1. The van der Waals surface area contributed by atoms with E-state index in [2.05, 4.69) is 20.2 Å². The van der Waals surface area contributed by atoms with Crippen LogP contribution in [0.15, 0.2) is 41.5 Å². The Bertz CT molecular complexity index is 995. The number of rotatable bonds is 2. The molecule has 0 amide bonds. The minimum absolute atomic E-state index is 0.184. The number of aromatic nitrogens is 6. The molecule has 0 aliphatic heterocycles. The Balaban J connectivity index is 2.06. The quantitative estimate of drug-likeness (QED) is 0.596. The number of aromatic amines is 1. The highest BCUT2D eigenvalue weighted by Gasteiger charge is 2.16. The van der Waals surface area contributed by atoms with Gasteiger partial charge in [0.15, 0.2) is 11.3 Å². The second kappa shape index (κ2) is 4.27. The van der Waals surface area contributed by atoms with Crippen molar-refractivity contribution < 1.29 is 0 Å². The van der Waals surface area contributed by atoms with Crippen molar-refractivity contribution in [1.82, 2.24) is 29.1 Å². The zero-order chi connectivity index (χ0) is 14.4. The van der Waals surface area contributed by atoms with Crippen LogP contribution < -0.4 is 5.69 Å². The number of aryl methyl sites for hydroxylation is 1. The van der Waals surface area contributed by atoms with Crippen molar-refractivity contribution in [3.05, 3.63) is 58.5 Å². The number of fused-ring (bicyclic) bond motifs is 3. The summed E-state index contributed by atoms with van der Waals surface area (Å²) in [6.07, 6.45) is 1.57. The maximum Gasteiger partial charge on any atom is 0.337 e. The number of hydrogen-bond acceptors (Lipinski definition) is 4. The van der Waals surface area contributed by atoms with E-state index in [1.54, 1.807) is 17.8 Å². The van der Waals surface area contributed by atoms with Gasteiger partial charge < -0.3 is 4.98 Å². The summed E-state index contributed by atoms with van der Waals surface area (Å²) in [7, 11) is 0. The average molecular weight is 280 g/mol. The Hall–Kier alpha value is -2.96. The topological polar surface area (TPSA) is 80.9 Å². The number of imidazole rings is 1. The van der Waals surface area contributed by atoms with E-state index in [0.717, 1.165) is 5.56 Å². The summed E-state index contributed by atoms with van der Waals surface area (Å²) in [6.45, 7) is 2.21. The molecule has 0 saturated heterocycles. The number of H-pyrrole nitrogens is 1. The molecule has 0 fully saturated rings. The van der Waals surface area contributed by atoms with Crippen molar-refractivity contribution in [2.75, 3.05) is 0 Å². The molecule has 7 nitrogen and oxygen atoms in total. The van der Waals surface area contributed by atoms with Gasteiger partial charge in [-0.1, -0.05) is 30.3 Å². The molecule has 4 aromatic rings. The standard InChI is InChI=1S/C14H12N6O/c1-9-17-18-13-11-12(16-8-15-11)19(14(21)20(9)13)7-10-5-3-2-4-6-10/h2-6,8H,7H2,1H3,(H,15,16). The van der Waals surface area contributed by atoms with Crippen molar-refractivity contribution in [3.8, 4) is 0 Å². The lowest BCUT2D eigenvalue weighted by Crippen LogP contribution is -2.28. The predicted molar refractivity (Wildman–Crippen MR) is 77.2 cm³/mol. The fourth-order valence-corrected chi connectivity index (χ4v) is 2.53. The second-order valence-corrected chi connectivity index (χ2v) is 4.86. The SMILES string of the molecule is Cc1nnc2c3[nH]cnc3n(Cc3ccccc3)c(=O)n12. The normalized spacial score (nSPS) is 11.5. The molecule has 3 aromatic heterocycles. The van der Waals surface area contributed by atoms with Crippen LogP contribution in [-0.2, 0) is 6.54 Å². The molecule has 0 radical (unpaired) electrons. The molecule has 0 unspecified atom stereocenters. The van der Waals surface area contributed by atoms with E-state index in [0.29, 0.717) is 29.2 Å². The molecule has 0 atom stereocenters. The third kappa shape index (κ3) is 1.67. The molecule has 0 aliphatic carbocycles. The minimum Gasteiger partial charge on any atom is -0.340 e. The highest BCUT2D eigenvalue weighted by atomic mass is 16.1. The summed E-state index contributed by atoms with van der Waals surface area (Å²) >= 11 is 0. The van der Waals surface area contributed by atoms with E-state index in [1.165, 1.54) is 4.40 Å². The van der Waals surface area contributed by atoms with Gasteiger partial charge in [-0.2, -0.15) is 0 Å². The van der Waals surface area contributed by atoms with E-state index in [1.807, 2.05) is 30.3 Å². The maximum absolute atomic E-state index is 12.7. The Morgan fingerprint density at radius 2 is 1.95 bits per heavy atom. The molecule has 0 saturated carbocycles. The summed E-state index contributed by atoms with van der Waals surface area (Å²) < 4.78 is 3.13. The van der Waals surface area contributed by atoms with E-state index in [4.69, 9.17) is 0 Å². The molecule has 3 heterocycles. The van der Waals surface area contributed by atoms with Gasteiger partial charge in [-0.15, -0.1) is 10.2 Å². The van der Waals surface area contributed by atoms with Crippen molar-refractivity contribution in [1.29, 1.82) is 0 Å². The van der Waals surface area contributed by atoms with Crippen LogP contribution in [0.3, 0.4) is 0 Å². The molecule has 7 heteroatoms. The van der Waals surface area contributed by atoms with Crippen LogP contribution in [0.1, 0.15) is 11.4 Å². The van der Waals surface area contributed by atoms with Gasteiger partial charge in [0.1, 0.15) is 11.3 Å². The summed E-state index contributed by atoms with van der Waals surface area (Å²) in [4.78, 5) is 20.0. The van der Waals surface area contributed by atoms with Crippen molar-refractivity contribution in [3.63, 3.8) is 0 Å². The van der Waals surface area contributed by atoms with E-state index < -0.39 is 0 Å². The molecular weight excluding hydrogens is 268 g/mol. The van der Waals surface area contributed by atoms with Gasteiger partial charge in [-0.25, -0.2) is 14.2 Å². The first-order chi connectivity index (χ1) is 10.3. The molecule has 1 aromatic carbocycles. The molecule has 4 rings (SSSR count). The van der Waals surface area contributed by atoms with Gasteiger partial charge in [0.25, 0.3) is 0 Å². The van der Waals surface area contributed by atoms with Crippen LogP contribution in [-0.4, -0.2) is 29.1 Å². The van der Waals surface area contributed by atoms with Gasteiger partial charge >= 0.3 is 5.69 Å². The van der Waals surface area contributed by atoms with Crippen molar-refractivity contribution in [2.24, 2.45) is 0 Å². The number of nitrogens with one attached hydrogen (secondary N) is 1. The fourth-order valence-electron chi connectivity index (χ4n) is 2.53. The van der Waals surface area contributed by atoms with Gasteiger partial charge in [-0.3, -0.25) is 4.57 Å². The fraction of sp³-hybridized carbons (Fsp3) is 0.143. The van der Waals surface area contributed by atoms with Gasteiger partial charge in [-0.05, 0) is 12.5 Å². The first kappa shape index (κ1) is 11.8. The third-order valence-corrected chi connectivity index (χ3v) is 3.53. The van der Waals surface area contributed by atoms with Gasteiger partial charge in [0, 0.05) is 0 Å². The van der Waals surface area contributed by atoms with E-state index >= 15 is 0 Å². The molecular formula is C14H12N6O. The lowest BCUT2D eigenvalue weighted by Gasteiger charge is -2.08. The maximum atomic E-state index is 12.7. The summed E-state index contributed by atoms with van der Waals surface area (Å²) in [6, 6.07) is 9.81. The first-order valence-corrected chi connectivity index (χ1v) is 6.57. The predicted octanol–water partition coefficient (Wildman–Crippen LogP) is 1.12. The van der Waals surface area contributed by atoms with Crippen LogP contribution in [0, 0.1) is 6.92 Å². The van der Waals surface area contributed by atoms with Crippen LogP contribution in [0.25, 0.3) is 16.8 Å². The monoisotopic (exact) mass is 280 g/mol. The molecule has 21 heavy (non-hydrogen) atoms. The summed E-state index contributed by atoms with van der Waals surface area (Å²) in [5.41, 5.74) is 2.66. The molecule has 0 spiro atoms. The highest BCUT2D eigenvalue weighted by molar-refractivity contribution is 5.85. The molecule has 1 N–H and O–H groups in total. The summed E-state index contributed by atoms with van der Waals surface area (Å²) in [5, 5.41) is 8.04. The van der Waals surface area contributed by atoms with E-state index in [-0.39, 0.29) is 5.69 Å². The largest absolute Gasteiger partial charge is 0.340 e. The lowest BCUT2D eigenvalue weighted by atomic mass is 10.2. The first-order valence-electron chi connectivity index (χ1n) is 6.57. The molecule has 0 aliphatic rings. The average Bonchev–Trinajstić information content (AvgIpc) is 3.11. The van der Waals surface area contributed by atoms with Gasteiger partial charge in [0.2, 0.25) is 0 Å².